The molecule has 1 aliphatic rings. The SMILES string of the molecule is CC[C@H](C)[C@H](NC(=O)OCc1ccccc1)C(=O)N[C@@]1(C(=O)N[C@H](C(N)=O)C(C)C)CCc2[nH]c3cccc(C)c3c2C1. The van der Waals surface area contributed by atoms with Crippen molar-refractivity contribution < 1.29 is 23.9 Å². The third kappa shape index (κ3) is 7.01. The van der Waals surface area contributed by atoms with Gasteiger partial charge < -0.3 is 31.4 Å². The molecule has 4 rings (SSSR count). The average molecular weight is 590 g/mol. The molecule has 1 aliphatic carbocycles. The molecule has 1 heterocycles. The number of benzene rings is 2. The normalized spacial score (nSPS) is 18.3. The van der Waals surface area contributed by atoms with E-state index < -0.39 is 41.4 Å². The number of nitrogens with one attached hydrogen (secondary N) is 4. The lowest BCUT2D eigenvalue weighted by atomic mass is 9.77. The maximum Gasteiger partial charge on any atom is 0.408 e. The summed E-state index contributed by atoms with van der Waals surface area (Å²) in [6.07, 6.45) is 0.868. The second-order valence-corrected chi connectivity index (χ2v) is 12.0. The number of hydrogen-bond acceptors (Lipinski definition) is 5. The van der Waals surface area contributed by atoms with Crippen molar-refractivity contribution in [2.75, 3.05) is 0 Å². The van der Waals surface area contributed by atoms with Gasteiger partial charge in [-0.2, -0.15) is 0 Å². The van der Waals surface area contributed by atoms with Crippen molar-refractivity contribution in [3.63, 3.8) is 0 Å². The number of carbonyl (C=O) groups excluding carboxylic acids is 4. The van der Waals surface area contributed by atoms with Gasteiger partial charge in [-0.05, 0) is 54.4 Å². The molecule has 6 N–H and O–H groups in total. The number of aromatic nitrogens is 1. The number of amides is 4. The van der Waals surface area contributed by atoms with Crippen LogP contribution in [0, 0.1) is 18.8 Å². The molecule has 0 aliphatic heterocycles. The maximum atomic E-state index is 14.1. The fourth-order valence-electron chi connectivity index (χ4n) is 5.81. The minimum atomic E-state index is -1.38. The van der Waals surface area contributed by atoms with E-state index in [2.05, 4.69) is 20.9 Å². The molecule has 10 heteroatoms. The van der Waals surface area contributed by atoms with Gasteiger partial charge in [-0.15, -0.1) is 0 Å². The topological polar surface area (TPSA) is 155 Å². The van der Waals surface area contributed by atoms with Gasteiger partial charge in [0.25, 0.3) is 0 Å². The highest BCUT2D eigenvalue weighted by atomic mass is 16.5. The molecule has 230 valence electrons. The highest BCUT2D eigenvalue weighted by molar-refractivity contribution is 5.98. The van der Waals surface area contributed by atoms with E-state index in [1.807, 2.05) is 69.3 Å². The first-order valence-electron chi connectivity index (χ1n) is 14.9. The van der Waals surface area contributed by atoms with Gasteiger partial charge in [0, 0.05) is 23.0 Å². The number of rotatable bonds is 11. The summed E-state index contributed by atoms with van der Waals surface area (Å²) in [6.45, 7) is 9.45. The molecule has 10 nitrogen and oxygen atoms in total. The number of alkyl carbamates (subject to hydrolysis) is 1. The highest BCUT2D eigenvalue weighted by Gasteiger charge is 2.46. The molecule has 2 aromatic carbocycles. The number of fused-ring (bicyclic) bond motifs is 3. The fourth-order valence-corrected chi connectivity index (χ4v) is 5.81. The Kier molecular flexibility index (Phi) is 9.78. The quantitative estimate of drug-likeness (QED) is 0.230. The Bertz CT molecular complexity index is 1480. The molecule has 3 aromatic rings. The van der Waals surface area contributed by atoms with Crippen molar-refractivity contribution in [1.82, 2.24) is 20.9 Å². The molecule has 43 heavy (non-hydrogen) atoms. The number of primary amides is 1. The van der Waals surface area contributed by atoms with Crippen molar-refractivity contribution in [2.24, 2.45) is 17.6 Å². The average Bonchev–Trinajstić information content (AvgIpc) is 3.35. The first kappa shape index (κ1) is 31.6. The van der Waals surface area contributed by atoms with E-state index in [-0.39, 0.29) is 24.9 Å². The number of aromatic amines is 1. The molecule has 4 amide bonds. The summed E-state index contributed by atoms with van der Waals surface area (Å²) in [5.41, 5.74) is 9.05. The van der Waals surface area contributed by atoms with E-state index in [4.69, 9.17) is 10.5 Å². The molecule has 0 bridgehead atoms. The summed E-state index contributed by atoms with van der Waals surface area (Å²) in [6, 6.07) is 13.4. The monoisotopic (exact) mass is 589 g/mol. The molecular formula is C33H43N5O5. The molecule has 1 aromatic heterocycles. The van der Waals surface area contributed by atoms with Crippen LogP contribution in [0.5, 0.6) is 0 Å². The summed E-state index contributed by atoms with van der Waals surface area (Å²) < 4.78 is 5.40. The predicted molar refractivity (Wildman–Crippen MR) is 165 cm³/mol. The Morgan fingerprint density at radius 3 is 2.37 bits per heavy atom. The summed E-state index contributed by atoms with van der Waals surface area (Å²) in [7, 11) is 0. The molecule has 0 saturated heterocycles. The standard InChI is InChI=1S/C33H43N5O5/c1-6-20(4)28(37-32(42)43-18-22-12-8-7-9-13-22)30(40)38-33(31(41)36-27(19(2)3)29(34)39)16-15-24-23(17-33)26-21(5)11-10-14-25(26)35-24/h7-14,19-20,27-28,35H,6,15-18H2,1-5H3,(H2,34,39)(H,36,41)(H,37,42)(H,38,40)/t20-,27-,28-,33-/m0/s1. The highest BCUT2D eigenvalue weighted by Crippen LogP contribution is 2.36. The van der Waals surface area contributed by atoms with Gasteiger partial charge in [0.15, 0.2) is 0 Å². The second-order valence-electron chi connectivity index (χ2n) is 12.0. The van der Waals surface area contributed by atoms with Crippen molar-refractivity contribution in [3.05, 3.63) is 70.9 Å². The zero-order valence-corrected chi connectivity index (χ0v) is 25.6. The van der Waals surface area contributed by atoms with Gasteiger partial charge >= 0.3 is 6.09 Å². The van der Waals surface area contributed by atoms with Gasteiger partial charge in [-0.25, -0.2) is 4.79 Å². The number of aryl methyl sites for hydroxylation is 2. The van der Waals surface area contributed by atoms with Gasteiger partial charge in [0.1, 0.15) is 24.2 Å². The summed E-state index contributed by atoms with van der Waals surface area (Å²) in [5.74, 6) is -2.14. The van der Waals surface area contributed by atoms with Crippen LogP contribution >= 0.6 is 0 Å². The van der Waals surface area contributed by atoms with Crippen LogP contribution in [-0.4, -0.2) is 46.4 Å². The van der Waals surface area contributed by atoms with Gasteiger partial charge in [-0.1, -0.05) is 76.6 Å². The Hall–Kier alpha value is -4.34. The van der Waals surface area contributed by atoms with Crippen LogP contribution in [-0.2, 0) is 38.6 Å². The molecule has 0 spiro atoms. The first-order chi connectivity index (χ1) is 20.5. The zero-order chi connectivity index (χ0) is 31.3. The van der Waals surface area contributed by atoms with E-state index in [1.165, 1.54) is 0 Å². The number of H-pyrrole nitrogens is 1. The molecule has 0 radical (unpaired) electrons. The molecule has 4 atom stereocenters. The van der Waals surface area contributed by atoms with E-state index in [1.54, 1.807) is 13.8 Å². The van der Waals surface area contributed by atoms with Gasteiger partial charge in [0.2, 0.25) is 17.7 Å². The molecule has 0 fully saturated rings. The smallest absolute Gasteiger partial charge is 0.408 e. The van der Waals surface area contributed by atoms with E-state index in [0.29, 0.717) is 19.3 Å². The predicted octanol–water partition coefficient (Wildman–Crippen LogP) is 3.79. The number of carbonyl (C=O) groups is 4. The summed E-state index contributed by atoms with van der Waals surface area (Å²) in [5, 5.41) is 9.61. The number of nitrogens with two attached hydrogens (primary N) is 1. The lowest BCUT2D eigenvalue weighted by Crippen LogP contribution is -2.67. The molecule has 0 unspecified atom stereocenters. The van der Waals surface area contributed by atoms with Crippen LogP contribution in [0.2, 0.25) is 0 Å². The second kappa shape index (κ2) is 13.3. The summed E-state index contributed by atoms with van der Waals surface area (Å²) in [4.78, 5) is 56.7. The van der Waals surface area contributed by atoms with E-state index >= 15 is 0 Å². The zero-order valence-electron chi connectivity index (χ0n) is 25.6. The molecular weight excluding hydrogens is 546 g/mol. The van der Waals surface area contributed by atoms with Crippen molar-refractivity contribution in [1.29, 1.82) is 0 Å². The van der Waals surface area contributed by atoms with E-state index in [9.17, 15) is 19.2 Å². The number of hydrogen-bond donors (Lipinski definition) is 5. The van der Waals surface area contributed by atoms with Crippen LogP contribution < -0.4 is 21.7 Å². The lowest BCUT2D eigenvalue weighted by molar-refractivity contribution is -0.137. The first-order valence-corrected chi connectivity index (χ1v) is 14.9. The van der Waals surface area contributed by atoms with Crippen LogP contribution in [0.15, 0.2) is 48.5 Å². The third-order valence-corrected chi connectivity index (χ3v) is 8.54. The van der Waals surface area contributed by atoms with E-state index in [0.717, 1.165) is 33.3 Å². The van der Waals surface area contributed by atoms with Crippen molar-refractivity contribution in [2.45, 2.75) is 84.5 Å². The van der Waals surface area contributed by atoms with Crippen LogP contribution in [0.3, 0.4) is 0 Å². The van der Waals surface area contributed by atoms with Crippen molar-refractivity contribution in [3.8, 4) is 0 Å². The Balaban J connectivity index is 1.64. The van der Waals surface area contributed by atoms with Gasteiger partial charge in [0.05, 0.1) is 0 Å². The lowest BCUT2D eigenvalue weighted by Gasteiger charge is -2.39. The minimum absolute atomic E-state index is 0.0558. The Labute approximate surface area is 252 Å². The van der Waals surface area contributed by atoms with Crippen LogP contribution in [0.1, 0.15) is 62.9 Å². The third-order valence-electron chi connectivity index (χ3n) is 8.54. The van der Waals surface area contributed by atoms with Gasteiger partial charge in [-0.3, -0.25) is 14.4 Å². The largest absolute Gasteiger partial charge is 0.445 e. The fraction of sp³-hybridized carbons (Fsp3) is 0.455. The van der Waals surface area contributed by atoms with Crippen molar-refractivity contribution >= 4 is 34.7 Å². The Morgan fingerprint density at radius 2 is 1.72 bits per heavy atom. The molecule has 0 saturated carbocycles. The summed E-state index contributed by atoms with van der Waals surface area (Å²) >= 11 is 0. The van der Waals surface area contributed by atoms with Crippen LogP contribution in [0.25, 0.3) is 10.9 Å². The minimum Gasteiger partial charge on any atom is -0.445 e. The maximum absolute atomic E-state index is 14.1. The van der Waals surface area contributed by atoms with Crippen LogP contribution in [0.4, 0.5) is 4.79 Å². The Morgan fingerprint density at radius 1 is 1.00 bits per heavy atom. The number of ether oxygens (including phenoxy) is 1.